The Hall–Kier alpha value is -2.44. The number of fused-ring (bicyclic) bond motifs is 1. The summed E-state index contributed by atoms with van der Waals surface area (Å²) in [6.07, 6.45) is 3.41. The summed E-state index contributed by atoms with van der Waals surface area (Å²) in [4.78, 5) is 61.1. The third-order valence-corrected chi connectivity index (χ3v) is 8.85. The monoisotopic (exact) mass is 696 g/mol. The van der Waals surface area contributed by atoms with Crippen molar-refractivity contribution in [3.63, 3.8) is 0 Å². The highest BCUT2D eigenvalue weighted by molar-refractivity contribution is 7.46. The molecular weight excluding hydrogens is 654 g/mol. The molecule has 5 aliphatic rings. The van der Waals surface area contributed by atoms with E-state index < -0.39 is 45.6 Å². The van der Waals surface area contributed by atoms with Gasteiger partial charge in [-0.05, 0) is 26.7 Å². The Labute approximate surface area is 265 Å². The molecule has 0 radical (unpaired) electrons. The number of hydrogen-bond donors (Lipinski definition) is 8. The Balaban J connectivity index is 0.000000247. The Morgan fingerprint density at radius 1 is 0.826 bits per heavy atom. The molecule has 2 saturated carbocycles. The fraction of sp³-hybridized carbons (Fsp3) is 0.615. The number of phosphoric ester groups is 2. The molecule has 3 heterocycles. The maximum Gasteiger partial charge on any atom is 0.469 e. The smallest absolute Gasteiger partial charge is 0.390 e. The zero-order valence-corrected chi connectivity index (χ0v) is 26.2. The number of nitrogens with zero attached hydrogens (tertiary/aromatic N) is 2. The molecule has 18 nitrogen and oxygen atoms in total. The number of hydrogen-bond acceptors (Lipinski definition) is 12. The lowest BCUT2D eigenvalue weighted by atomic mass is 10.1. The largest absolute Gasteiger partial charge is 0.469 e. The summed E-state index contributed by atoms with van der Waals surface area (Å²) in [5.74, 6) is -1.61. The maximum absolute atomic E-state index is 11.4. The molecule has 1 saturated heterocycles. The highest BCUT2D eigenvalue weighted by Gasteiger charge is 2.56. The predicted molar refractivity (Wildman–Crippen MR) is 159 cm³/mol. The van der Waals surface area contributed by atoms with Crippen molar-refractivity contribution in [2.24, 2.45) is 11.8 Å². The summed E-state index contributed by atoms with van der Waals surface area (Å²) in [6.45, 7) is 10.5. The fourth-order valence-corrected chi connectivity index (χ4v) is 6.78. The maximum atomic E-state index is 11.4. The van der Waals surface area contributed by atoms with Crippen LogP contribution < -0.4 is 10.6 Å². The van der Waals surface area contributed by atoms with E-state index in [1.165, 1.54) is 23.3 Å². The van der Waals surface area contributed by atoms with Crippen LogP contribution in [0.5, 0.6) is 0 Å². The molecule has 46 heavy (non-hydrogen) atoms. The molecular formula is C26H42N4O14P2. The highest BCUT2D eigenvalue weighted by atomic mass is 31.2. The number of aliphatic hydroxyl groups is 2. The zero-order chi connectivity index (χ0) is 33.5. The van der Waals surface area contributed by atoms with Gasteiger partial charge in [0.05, 0.1) is 37.5 Å². The molecule has 0 aromatic carbocycles. The van der Waals surface area contributed by atoms with E-state index in [0.29, 0.717) is 12.2 Å². The fourth-order valence-electron chi connectivity index (χ4n) is 6.01. The van der Waals surface area contributed by atoms with Gasteiger partial charge in [-0.2, -0.15) is 0 Å². The van der Waals surface area contributed by atoms with Crippen LogP contribution in [0.15, 0.2) is 49.4 Å². The van der Waals surface area contributed by atoms with Gasteiger partial charge in [-0.1, -0.05) is 20.6 Å². The average molecular weight is 697 g/mol. The van der Waals surface area contributed by atoms with Gasteiger partial charge < -0.3 is 59.7 Å². The molecule has 2 aliphatic carbocycles. The molecule has 0 aromatic rings. The van der Waals surface area contributed by atoms with Crippen molar-refractivity contribution in [2.45, 2.75) is 76.4 Å². The Kier molecular flexibility index (Phi) is 11.9. The van der Waals surface area contributed by atoms with Crippen molar-refractivity contribution >= 4 is 27.5 Å². The van der Waals surface area contributed by atoms with Gasteiger partial charge in [0.2, 0.25) is 0 Å². The first-order valence-corrected chi connectivity index (χ1v) is 16.9. The lowest BCUT2D eigenvalue weighted by Gasteiger charge is -2.34. The van der Waals surface area contributed by atoms with Crippen LogP contribution in [0.4, 0.5) is 0 Å². The van der Waals surface area contributed by atoms with Crippen LogP contribution in [0.25, 0.3) is 0 Å². The van der Waals surface area contributed by atoms with Crippen molar-refractivity contribution < 1.29 is 67.0 Å². The lowest BCUT2D eigenvalue weighted by molar-refractivity contribution is -0.162. The number of phosphoric acid groups is 2. The van der Waals surface area contributed by atoms with Gasteiger partial charge in [0.15, 0.2) is 5.79 Å². The van der Waals surface area contributed by atoms with Crippen molar-refractivity contribution in [3.8, 4) is 0 Å². The normalized spacial score (nSPS) is 33.7. The van der Waals surface area contributed by atoms with Crippen LogP contribution in [-0.2, 0) is 37.2 Å². The van der Waals surface area contributed by atoms with E-state index in [1.807, 2.05) is 0 Å². The van der Waals surface area contributed by atoms with Crippen LogP contribution in [-0.4, -0.2) is 107 Å². The van der Waals surface area contributed by atoms with Gasteiger partial charge in [0.1, 0.15) is 23.8 Å². The molecule has 20 heteroatoms. The molecule has 8 atom stereocenters. The minimum atomic E-state index is -4.63. The van der Waals surface area contributed by atoms with Crippen LogP contribution in [0.3, 0.4) is 0 Å². The summed E-state index contributed by atoms with van der Waals surface area (Å²) in [6, 6.07) is -0.763. The second-order valence-corrected chi connectivity index (χ2v) is 14.0. The molecule has 3 aliphatic heterocycles. The van der Waals surface area contributed by atoms with E-state index in [4.69, 9.17) is 29.0 Å². The molecule has 5 rings (SSSR count). The standard InChI is InChI=1S/C14H21N2O7P.C11H17N2O7P.CH4/c1-8-15-11(17)4-5-16(8)10-6-9(7-21-24(18,19)20)12-13(10)23-14(2,3)22-12;1-6-12-9(14)2-3-13(6)8-4-7(10(15)11(8)16)5-20-21(17,18)19;/h4-5,9-10,12-13H,1,6-7H2,2-3H3,(H,15,17)(H2,18,19,20);2-3,7-8,10-11,15-16H,1,4-5H2,(H,12,14)(H2,17,18,19);1H4/t9-,10-,12-,13+;7-,8-,10-,11+;/m11./s1. The number of carbonyl (C=O) groups excluding carboxylic acids is 2. The summed E-state index contributed by atoms with van der Waals surface area (Å²) < 4.78 is 42.6. The number of aliphatic hydroxyl groups excluding tert-OH is 2. The third kappa shape index (κ3) is 9.34. The topological polar surface area (TPSA) is 257 Å². The number of carbonyl (C=O) groups is 2. The summed E-state index contributed by atoms with van der Waals surface area (Å²) in [5, 5.41) is 25.1. The molecule has 2 amide bonds. The third-order valence-electron chi connectivity index (χ3n) is 7.88. The average Bonchev–Trinajstić information content (AvgIpc) is 3.49. The molecule has 0 aromatic heterocycles. The SMILES string of the molecule is C.C=C1NC(=O)C=CN1[C@@H]1C[C@H](COP(=O)(O)O)[C@@H](O)[C@H]1O.C=C1NC(=O)C=CN1[C@@H]1C[C@H](COP(=O)(O)O)[C@H]2OC(C)(C)O[C@H]21. The van der Waals surface area contributed by atoms with Crippen molar-refractivity contribution in [3.05, 3.63) is 49.4 Å². The number of nitrogens with one attached hydrogen (secondary N) is 2. The summed E-state index contributed by atoms with van der Waals surface area (Å²) in [5.41, 5.74) is 0. The first-order valence-electron chi connectivity index (χ1n) is 13.8. The van der Waals surface area contributed by atoms with Crippen molar-refractivity contribution in [1.82, 2.24) is 20.4 Å². The predicted octanol–water partition coefficient (Wildman–Crippen LogP) is -0.320. The van der Waals surface area contributed by atoms with Crippen molar-refractivity contribution in [1.29, 1.82) is 0 Å². The van der Waals surface area contributed by atoms with E-state index in [-0.39, 0.29) is 68.9 Å². The van der Waals surface area contributed by atoms with Gasteiger partial charge in [0, 0.05) is 36.4 Å². The van der Waals surface area contributed by atoms with Crippen LogP contribution in [0.2, 0.25) is 0 Å². The van der Waals surface area contributed by atoms with E-state index in [2.05, 4.69) is 32.8 Å². The number of rotatable bonds is 8. The molecule has 3 fully saturated rings. The zero-order valence-electron chi connectivity index (χ0n) is 24.4. The summed E-state index contributed by atoms with van der Waals surface area (Å²) in [7, 11) is -9.19. The number of amides is 2. The van der Waals surface area contributed by atoms with Gasteiger partial charge in [-0.15, -0.1) is 0 Å². The van der Waals surface area contributed by atoms with E-state index in [0.717, 1.165) is 0 Å². The summed E-state index contributed by atoms with van der Waals surface area (Å²) >= 11 is 0. The molecule has 260 valence electrons. The highest BCUT2D eigenvalue weighted by Crippen LogP contribution is 2.46. The minimum absolute atomic E-state index is 0. The van der Waals surface area contributed by atoms with Crippen molar-refractivity contribution in [2.75, 3.05) is 13.2 Å². The Morgan fingerprint density at radius 3 is 1.74 bits per heavy atom. The lowest BCUT2D eigenvalue weighted by Crippen LogP contribution is -2.45. The Morgan fingerprint density at radius 2 is 1.26 bits per heavy atom. The van der Waals surface area contributed by atoms with E-state index in [9.17, 15) is 28.9 Å². The van der Waals surface area contributed by atoms with Gasteiger partial charge >= 0.3 is 15.6 Å². The quantitative estimate of drug-likeness (QED) is 0.151. The van der Waals surface area contributed by atoms with E-state index >= 15 is 0 Å². The van der Waals surface area contributed by atoms with Crippen LogP contribution in [0, 0.1) is 11.8 Å². The minimum Gasteiger partial charge on any atom is -0.390 e. The first-order chi connectivity index (χ1) is 20.7. The second kappa shape index (κ2) is 14.4. The number of ether oxygens (including phenoxy) is 2. The molecule has 0 unspecified atom stereocenters. The second-order valence-electron chi connectivity index (χ2n) is 11.6. The van der Waals surface area contributed by atoms with E-state index in [1.54, 1.807) is 24.9 Å². The molecule has 8 N–H and O–H groups in total. The van der Waals surface area contributed by atoms with Gasteiger partial charge in [-0.25, -0.2) is 9.13 Å². The van der Waals surface area contributed by atoms with Crippen LogP contribution >= 0.6 is 15.6 Å². The van der Waals surface area contributed by atoms with Crippen LogP contribution in [0.1, 0.15) is 34.1 Å². The first kappa shape index (κ1) is 38.0. The molecule has 0 bridgehead atoms. The Bertz CT molecular complexity index is 1350. The van der Waals surface area contributed by atoms with Gasteiger partial charge in [-0.3, -0.25) is 18.6 Å². The molecule has 0 spiro atoms. The van der Waals surface area contributed by atoms with Gasteiger partial charge in [0.25, 0.3) is 11.8 Å².